The maximum absolute atomic E-state index is 12.9. The van der Waals surface area contributed by atoms with E-state index in [1.807, 2.05) is 23.1 Å². The van der Waals surface area contributed by atoms with E-state index in [1.54, 1.807) is 29.3 Å². The maximum atomic E-state index is 12.9. The predicted molar refractivity (Wildman–Crippen MR) is 117 cm³/mol. The molecular weight excluding hydrogens is 416 g/mol. The van der Waals surface area contributed by atoms with E-state index in [9.17, 15) is 9.59 Å². The summed E-state index contributed by atoms with van der Waals surface area (Å²) >= 11 is 1.65. The van der Waals surface area contributed by atoms with Gasteiger partial charge in [-0.1, -0.05) is 17.3 Å². The highest BCUT2D eigenvalue weighted by molar-refractivity contribution is 7.18. The molecule has 0 radical (unpaired) electrons. The zero-order valence-electron chi connectivity index (χ0n) is 17.5. The topological polar surface area (TPSA) is 102 Å². The van der Waals surface area contributed by atoms with Crippen LogP contribution >= 0.6 is 11.3 Å². The fourth-order valence-corrected chi connectivity index (χ4v) is 4.77. The Morgan fingerprint density at radius 2 is 2.19 bits per heavy atom. The monoisotopic (exact) mass is 442 g/mol. The summed E-state index contributed by atoms with van der Waals surface area (Å²) < 4.78 is 7.72. The number of benzene rings is 1. The van der Waals surface area contributed by atoms with E-state index in [4.69, 9.17) is 4.74 Å². The number of likely N-dealkylation sites (tertiary alicyclic amines) is 1. The number of amides is 2. The second-order valence-corrected chi connectivity index (χ2v) is 8.65. The van der Waals surface area contributed by atoms with Crippen LogP contribution in [0.2, 0.25) is 0 Å². The smallest absolute Gasteiger partial charge is 0.273 e. The zero-order chi connectivity index (χ0) is 21.6. The number of nitrogens with zero attached hydrogens (tertiary/aromatic N) is 5. The molecule has 3 heterocycles. The lowest BCUT2D eigenvalue weighted by molar-refractivity contribution is -0.132. The largest absolute Gasteiger partial charge is 0.383 e. The molecule has 2 aromatic heterocycles. The summed E-state index contributed by atoms with van der Waals surface area (Å²) in [4.78, 5) is 31.5. The normalized spacial score (nSPS) is 16.2. The van der Waals surface area contributed by atoms with E-state index in [0.29, 0.717) is 32.5 Å². The number of methoxy groups -OCH3 is 1. The number of nitrogens with one attached hydrogen (secondary N) is 1. The van der Waals surface area contributed by atoms with Crippen molar-refractivity contribution in [2.75, 3.05) is 26.8 Å². The Balaban J connectivity index is 1.31. The van der Waals surface area contributed by atoms with Gasteiger partial charge < -0.3 is 15.0 Å². The Morgan fingerprint density at radius 1 is 1.32 bits per heavy atom. The molecule has 0 saturated carbocycles. The highest BCUT2D eigenvalue weighted by atomic mass is 32.1. The summed E-state index contributed by atoms with van der Waals surface area (Å²) in [5, 5.41) is 11.7. The molecule has 1 fully saturated rings. The number of carbonyl (C=O) groups excluding carboxylic acids is 2. The van der Waals surface area contributed by atoms with E-state index in [-0.39, 0.29) is 23.6 Å². The molecule has 9 nitrogen and oxygen atoms in total. The Kier molecular flexibility index (Phi) is 6.88. The Morgan fingerprint density at radius 3 is 3.03 bits per heavy atom. The van der Waals surface area contributed by atoms with Gasteiger partial charge in [-0.05, 0) is 25.0 Å². The Labute approximate surface area is 184 Å². The first kappa shape index (κ1) is 21.4. The van der Waals surface area contributed by atoms with Crippen molar-refractivity contribution in [3.05, 3.63) is 41.2 Å². The van der Waals surface area contributed by atoms with Crippen LogP contribution in [0.5, 0.6) is 0 Å². The van der Waals surface area contributed by atoms with Crippen LogP contribution in [-0.4, -0.2) is 69.5 Å². The molecule has 4 rings (SSSR count). The molecule has 1 aromatic carbocycles. The lowest BCUT2D eigenvalue weighted by Gasteiger charge is -2.24. The number of fused-ring (bicyclic) bond motifs is 1. The Bertz CT molecular complexity index is 1020. The van der Waals surface area contributed by atoms with Crippen molar-refractivity contribution in [1.29, 1.82) is 0 Å². The molecule has 1 unspecified atom stereocenters. The first-order valence-electron chi connectivity index (χ1n) is 10.4. The number of rotatable bonds is 9. The van der Waals surface area contributed by atoms with Gasteiger partial charge in [-0.2, -0.15) is 0 Å². The second kappa shape index (κ2) is 9.97. The van der Waals surface area contributed by atoms with Gasteiger partial charge in [0.1, 0.15) is 0 Å². The molecule has 0 bridgehead atoms. The van der Waals surface area contributed by atoms with Crippen molar-refractivity contribution >= 4 is 33.4 Å². The zero-order valence-corrected chi connectivity index (χ0v) is 18.3. The van der Waals surface area contributed by atoms with Crippen LogP contribution in [0.25, 0.3) is 10.2 Å². The molecule has 1 aliphatic rings. The molecule has 31 heavy (non-hydrogen) atoms. The third-order valence-corrected chi connectivity index (χ3v) is 6.45. The summed E-state index contributed by atoms with van der Waals surface area (Å²) in [6, 6.07) is 8.10. The van der Waals surface area contributed by atoms with Gasteiger partial charge in [0.25, 0.3) is 5.91 Å². The summed E-state index contributed by atoms with van der Waals surface area (Å²) in [7, 11) is 1.58. The number of aryl methyl sites for hydroxylation is 1. The molecule has 1 atom stereocenters. The SMILES string of the molecule is COCCNC(=O)c1cn(CC2CCCN2C(=O)CCc2nc3ccccc3s2)nn1. The van der Waals surface area contributed by atoms with Crippen LogP contribution in [0, 0.1) is 0 Å². The number of aromatic nitrogens is 4. The number of para-hydroxylation sites is 1. The highest BCUT2D eigenvalue weighted by Crippen LogP contribution is 2.24. The van der Waals surface area contributed by atoms with Crippen LogP contribution < -0.4 is 5.32 Å². The maximum Gasteiger partial charge on any atom is 0.273 e. The van der Waals surface area contributed by atoms with Gasteiger partial charge in [0.2, 0.25) is 5.91 Å². The molecule has 164 valence electrons. The Hall–Kier alpha value is -2.85. The fourth-order valence-electron chi connectivity index (χ4n) is 3.80. The van der Waals surface area contributed by atoms with Gasteiger partial charge in [-0.25, -0.2) is 9.67 Å². The minimum absolute atomic E-state index is 0.0639. The third kappa shape index (κ3) is 5.26. The lowest BCUT2D eigenvalue weighted by atomic mass is 10.2. The molecular formula is C21H26N6O3S. The van der Waals surface area contributed by atoms with Crippen molar-refractivity contribution in [2.45, 2.75) is 38.3 Å². The van der Waals surface area contributed by atoms with Crippen molar-refractivity contribution in [2.24, 2.45) is 0 Å². The number of ether oxygens (including phenoxy) is 1. The van der Waals surface area contributed by atoms with Gasteiger partial charge in [-0.3, -0.25) is 9.59 Å². The van der Waals surface area contributed by atoms with Crippen molar-refractivity contribution in [1.82, 2.24) is 30.2 Å². The average molecular weight is 443 g/mol. The van der Waals surface area contributed by atoms with Crippen LogP contribution in [0.1, 0.15) is 34.8 Å². The molecule has 3 aromatic rings. The van der Waals surface area contributed by atoms with E-state index in [0.717, 1.165) is 34.6 Å². The minimum Gasteiger partial charge on any atom is -0.383 e. The van der Waals surface area contributed by atoms with E-state index < -0.39 is 0 Å². The number of carbonyl (C=O) groups is 2. The second-order valence-electron chi connectivity index (χ2n) is 7.53. The van der Waals surface area contributed by atoms with Gasteiger partial charge in [-0.15, -0.1) is 16.4 Å². The average Bonchev–Trinajstić information content (AvgIpc) is 3.51. The van der Waals surface area contributed by atoms with E-state index in [1.165, 1.54) is 0 Å². The highest BCUT2D eigenvalue weighted by Gasteiger charge is 2.29. The first-order valence-corrected chi connectivity index (χ1v) is 11.3. The van der Waals surface area contributed by atoms with Crippen molar-refractivity contribution in [3.63, 3.8) is 0 Å². The van der Waals surface area contributed by atoms with Crippen LogP contribution in [0.3, 0.4) is 0 Å². The molecule has 0 aliphatic carbocycles. The van der Waals surface area contributed by atoms with Crippen molar-refractivity contribution < 1.29 is 14.3 Å². The van der Waals surface area contributed by atoms with E-state index >= 15 is 0 Å². The molecule has 1 saturated heterocycles. The fraction of sp³-hybridized carbons (Fsp3) is 0.476. The van der Waals surface area contributed by atoms with E-state index in [2.05, 4.69) is 26.7 Å². The number of hydrogen-bond acceptors (Lipinski definition) is 7. The number of thiazole rings is 1. The van der Waals surface area contributed by atoms with Gasteiger partial charge >= 0.3 is 0 Å². The summed E-state index contributed by atoms with van der Waals surface area (Å²) in [5.74, 6) is -0.141. The summed E-state index contributed by atoms with van der Waals surface area (Å²) in [6.45, 7) is 2.14. The molecule has 1 N–H and O–H groups in total. The third-order valence-electron chi connectivity index (χ3n) is 5.35. The number of hydrogen-bond donors (Lipinski definition) is 1. The standard InChI is InChI=1S/C21H26N6O3S/c1-30-12-10-22-21(29)17-14-26(25-24-17)13-15-5-4-11-27(15)20(28)9-8-19-23-16-6-2-3-7-18(16)31-19/h2-3,6-7,14-15H,4-5,8-13H2,1H3,(H,22,29). The lowest BCUT2D eigenvalue weighted by Crippen LogP contribution is -2.38. The van der Waals surface area contributed by atoms with Crippen molar-refractivity contribution in [3.8, 4) is 0 Å². The molecule has 2 amide bonds. The van der Waals surface area contributed by atoms with Crippen LogP contribution in [-0.2, 0) is 22.5 Å². The molecule has 1 aliphatic heterocycles. The first-order chi connectivity index (χ1) is 15.1. The van der Waals surface area contributed by atoms with Gasteiger partial charge in [0.05, 0.1) is 40.6 Å². The van der Waals surface area contributed by atoms with Crippen LogP contribution in [0.4, 0.5) is 0 Å². The minimum atomic E-state index is -0.279. The predicted octanol–water partition coefficient (Wildman–Crippen LogP) is 1.89. The molecule has 10 heteroatoms. The molecule has 0 spiro atoms. The van der Waals surface area contributed by atoms with Gasteiger partial charge in [0.15, 0.2) is 5.69 Å². The van der Waals surface area contributed by atoms with Gasteiger partial charge in [0, 0.05) is 33.0 Å². The summed E-state index contributed by atoms with van der Waals surface area (Å²) in [6.07, 6.45) is 4.61. The van der Waals surface area contributed by atoms with Crippen LogP contribution in [0.15, 0.2) is 30.5 Å². The summed E-state index contributed by atoms with van der Waals surface area (Å²) in [5.41, 5.74) is 1.25. The quantitative estimate of drug-likeness (QED) is 0.508.